The van der Waals surface area contributed by atoms with Crippen LogP contribution in [0, 0.1) is 0 Å². The van der Waals surface area contributed by atoms with Crippen molar-refractivity contribution in [2.45, 2.75) is 0 Å². The van der Waals surface area contributed by atoms with Crippen LogP contribution in [0.2, 0.25) is 10.0 Å². The van der Waals surface area contributed by atoms with E-state index in [4.69, 9.17) is 28.9 Å². The number of anilines is 2. The second-order valence-electron chi connectivity index (χ2n) is 4.33. The number of nitrogen functional groups attached to an aromatic ring is 1. The smallest absolute Gasteiger partial charge is 0.237 e. The van der Waals surface area contributed by atoms with Gasteiger partial charge in [0.2, 0.25) is 5.91 Å². The molecule has 1 unspecified atom stereocenters. The first-order chi connectivity index (χ1) is 9.58. The van der Waals surface area contributed by atoms with Crippen molar-refractivity contribution in [3.8, 4) is 0 Å². The molecule has 0 fully saturated rings. The largest absolute Gasteiger partial charge is 0.399 e. The zero-order valence-electron chi connectivity index (χ0n) is 11.1. The van der Waals surface area contributed by atoms with Crippen molar-refractivity contribution in [3.63, 3.8) is 0 Å². The van der Waals surface area contributed by atoms with E-state index in [9.17, 15) is 17.4 Å². The summed E-state index contributed by atoms with van der Waals surface area (Å²) >= 11 is 11.8. The Morgan fingerprint density at radius 2 is 1.86 bits per heavy atom. The summed E-state index contributed by atoms with van der Waals surface area (Å²) in [5.74, 6) is -1.26. The molecule has 1 aromatic carbocycles. The van der Waals surface area contributed by atoms with Crippen LogP contribution < -0.4 is 11.1 Å². The summed E-state index contributed by atoms with van der Waals surface area (Å²) in [5.41, 5.74) is 6.06. The quantitative estimate of drug-likeness (QED) is 0.732. The van der Waals surface area contributed by atoms with Crippen LogP contribution in [0.1, 0.15) is 0 Å². The molecule has 0 aliphatic rings. The van der Waals surface area contributed by atoms with Crippen molar-refractivity contribution < 1.29 is 17.4 Å². The SMILES string of the molecule is CS(=O)(=O)CCS(=O)CC(=O)Nc1c(Cl)cc(N)cc1Cl. The van der Waals surface area contributed by atoms with E-state index in [1.165, 1.54) is 12.1 Å². The van der Waals surface area contributed by atoms with Gasteiger partial charge in [0, 0.05) is 28.5 Å². The Morgan fingerprint density at radius 1 is 1.33 bits per heavy atom. The standard InChI is InChI=1S/C11H14Cl2N2O4S2/c1-21(18,19)3-2-20(17)6-10(16)15-11-8(12)4-7(14)5-9(11)13/h4-5H,2-3,6,14H2,1H3,(H,15,16). The number of sulfone groups is 1. The number of halogens is 2. The first-order valence-corrected chi connectivity index (χ1v) is 9.96. The minimum atomic E-state index is -3.21. The molecule has 0 bridgehead atoms. The van der Waals surface area contributed by atoms with Gasteiger partial charge in [0.05, 0.1) is 21.5 Å². The second kappa shape index (κ2) is 7.44. The summed E-state index contributed by atoms with van der Waals surface area (Å²) in [4.78, 5) is 11.7. The van der Waals surface area contributed by atoms with Crippen LogP contribution in [0.25, 0.3) is 0 Å². The van der Waals surface area contributed by atoms with Crippen molar-refractivity contribution in [1.82, 2.24) is 0 Å². The Hall–Kier alpha value is -0.830. The lowest BCUT2D eigenvalue weighted by molar-refractivity contribution is -0.113. The minimum absolute atomic E-state index is 0.102. The maximum Gasteiger partial charge on any atom is 0.237 e. The number of carbonyl (C=O) groups excluding carboxylic acids is 1. The van der Waals surface area contributed by atoms with E-state index in [-0.39, 0.29) is 33.0 Å². The fourth-order valence-corrected chi connectivity index (χ4v) is 4.41. The van der Waals surface area contributed by atoms with Crippen LogP contribution in [0.3, 0.4) is 0 Å². The topological polar surface area (TPSA) is 106 Å². The highest BCUT2D eigenvalue weighted by molar-refractivity contribution is 7.92. The molecule has 10 heteroatoms. The predicted molar refractivity (Wildman–Crippen MR) is 87.1 cm³/mol. The lowest BCUT2D eigenvalue weighted by Crippen LogP contribution is -2.23. The van der Waals surface area contributed by atoms with Crippen LogP contribution in [0.5, 0.6) is 0 Å². The summed E-state index contributed by atoms with van der Waals surface area (Å²) in [6, 6.07) is 2.84. The van der Waals surface area contributed by atoms with Crippen LogP contribution >= 0.6 is 23.2 Å². The van der Waals surface area contributed by atoms with Gasteiger partial charge in [0.15, 0.2) is 0 Å². The van der Waals surface area contributed by atoms with Crippen LogP contribution in [-0.4, -0.2) is 42.0 Å². The maximum absolute atomic E-state index is 11.7. The molecule has 0 spiro atoms. The Balaban J connectivity index is 2.64. The van der Waals surface area contributed by atoms with Crippen molar-refractivity contribution in [2.24, 2.45) is 0 Å². The van der Waals surface area contributed by atoms with Gasteiger partial charge in [0.25, 0.3) is 0 Å². The zero-order chi connectivity index (χ0) is 16.2. The molecule has 0 aliphatic carbocycles. The van der Waals surface area contributed by atoms with E-state index < -0.39 is 26.5 Å². The monoisotopic (exact) mass is 372 g/mol. The third-order valence-corrected chi connectivity index (χ3v) is 5.35. The molecule has 0 saturated carbocycles. The molecule has 0 saturated heterocycles. The summed E-state index contributed by atoms with van der Waals surface area (Å²) in [6.07, 6.45) is 1.04. The maximum atomic E-state index is 11.7. The fraction of sp³-hybridized carbons (Fsp3) is 0.364. The van der Waals surface area contributed by atoms with Crippen molar-refractivity contribution in [3.05, 3.63) is 22.2 Å². The molecular formula is C11H14Cl2N2O4S2. The average molecular weight is 373 g/mol. The van der Waals surface area contributed by atoms with Gasteiger partial charge in [-0.05, 0) is 12.1 Å². The molecule has 6 nitrogen and oxygen atoms in total. The lowest BCUT2D eigenvalue weighted by atomic mass is 10.3. The molecule has 3 N–H and O–H groups in total. The molecule has 118 valence electrons. The lowest BCUT2D eigenvalue weighted by Gasteiger charge is -2.10. The van der Waals surface area contributed by atoms with Crippen molar-refractivity contribution in [1.29, 1.82) is 0 Å². The van der Waals surface area contributed by atoms with E-state index in [1.807, 2.05) is 0 Å². The highest BCUT2D eigenvalue weighted by Crippen LogP contribution is 2.32. The van der Waals surface area contributed by atoms with Gasteiger partial charge in [-0.3, -0.25) is 9.00 Å². The minimum Gasteiger partial charge on any atom is -0.399 e. The molecular weight excluding hydrogens is 359 g/mol. The Labute approximate surface area is 135 Å². The van der Waals surface area contributed by atoms with Crippen LogP contribution in [0.4, 0.5) is 11.4 Å². The average Bonchev–Trinajstić information content (AvgIpc) is 2.30. The van der Waals surface area contributed by atoms with E-state index >= 15 is 0 Å². The van der Waals surface area contributed by atoms with Crippen LogP contribution in [0.15, 0.2) is 12.1 Å². The summed E-state index contributed by atoms with van der Waals surface area (Å²) < 4.78 is 33.5. The number of nitrogens with one attached hydrogen (secondary N) is 1. The molecule has 0 heterocycles. The van der Waals surface area contributed by atoms with E-state index in [1.54, 1.807) is 0 Å². The summed E-state index contributed by atoms with van der Waals surface area (Å²) in [5, 5.41) is 2.76. The molecule has 1 aromatic rings. The number of rotatable bonds is 6. The number of carbonyl (C=O) groups is 1. The zero-order valence-corrected chi connectivity index (χ0v) is 14.2. The number of amides is 1. The number of benzene rings is 1. The third kappa shape index (κ3) is 6.64. The predicted octanol–water partition coefficient (Wildman–Crippen LogP) is 1.31. The Bertz CT molecular complexity index is 654. The molecule has 1 atom stereocenters. The van der Waals surface area contributed by atoms with Gasteiger partial charge in [-0.2, -0.15) is 0 Å². The molecule has 0 aliphatic heterocycles. The summed E-state index contributed by atoms with van der Waals surface area (Å²) in [6.45, 7) is 0. The van der Waals surface area contributed by atoms with Gasteiger partial charge < -0.3 is 11.1 Å². The summed E-state index contributed by atoms with van der Waals surface area (Å²) in [7, 11) is -4.80. The molecule has 1 amide bonds. The van der Waals surface area contributed by atoms with Crippen molar-refractivity contribution >= 4 is 61.1 Å². The van der Waals surface area contributed by atoms with E-state index in [2.05, 4.69) is 5.32 Å². The highest BCUT2D eigenvalue weighted by atomic mass is 35.5. The highest BCUT2D eigenvalue weighted by Gasteiger charge is 2.14. The number of nitrogens with two attached hydrogens (primary N) is 1. The fourth-order valence-electron chi connectivity index (χ4n) is 1.35. The van der Waals surface area contributed by atoms with Gasteiger partial charge >= 0.3 is 0 Å². The first-order valence-electron chi connectivity index (χ1n) is 5.65. The van der Waals surface area contributed by atoms with Gasteiger partial charge in [-0.25, -0.2) is 8.42 Å². The van der Waals surface area contributed by atoms with Gasteiger partial charge in [0.1, 0.15) is 15.6 Å². The van der Waals surface area contributed by atoms with Gasteiger partial charge in [-0.1, -0.05) is 23.2 Å². The normalized spacial score (nSPS) is 12.9. The number of hydrogen-bond acceptors (Lipinski definition) is 5. The van der Waals surface area contributed by atoms with Gasteiger partial charge in [-0.15, -0.1) is 0 Å². The third-order valence-electron chi connectivity index (χ3n) is 2.30. The molecule has 0 radical (unpaired) electrons. The first kappa shape index (κ1) is 18.2. The molecule has 21 heavy (non-hydrogen) atoms. The van der Waals surface area contributed by atoms with E-state index in [0.717, 1.165) is 6.26 Å². The number of hydrogen-bond donors (Lipinski definition) is 2. The molecule has 0 aromatic heterocycles. The van der Waals surface area contributed by atoms with Crippen molar-refractivity contribution in [2.75, 3.05) is 34.6 Å². The second-order valence-corrected chi connectivity index (χ2v) is 8.98. The van der Waals surface area contributed by atoms with E-state index in [0.29, 0.717) is 5.69 Å². The van der Waals surface area contributed by atoms with Crippen LogP contribution in [-0.2, 0) is 25.4 Å². The molecule has 1 rings (SSSR count). The Kier molecular flexibility index (Phi) is 6.45. The Morgan fingerprint density at radius 3 is 2.33 bits per heavy atom.